The second-order valence-corrected chi connectivity index (χ2v) is 9.22. The van der Waals surface area contributed by atoms with Gasteiger partial charge in [0.15, 0.2) is 5.65 Å². The Bertz CT molecular complexity index is 1140. The minimum Gasteiger partial charge on any atom is -0.490 e. The third-order valence-corrected chi connectivity index (χ3v) is 5.90. The van der Waals surface area contributed by atoms with Crippen molar-refractivity contribution in [2.24, 2.45) is 0 Å². The molecule has 0 unspecified atom stereocenters. The van der Waals surface area contributed by atoms with Crippen LogP contribution in [0.15, 0.2) is 30.3 Å². The lowest BCUT2D eigenvalue weighted by Gasteiger charge is -2.30. The monoisotopic (exact) mass is 404 g/mol. The van der Waals surface area contributed by atoms with E-state index in [0.29, 0.717) is 24.6 Å². The molecule has 1 fully saturated rings. The highest BCUT2D eigenvalue weighted by atomic mass is 16.5. The average Bonchev–Trinajstić information content (AvgIpc) is 3.51. The maximum Gasteiger partial charge on any atom is 0.259 e. The Labute approximate surface area is 176 Å². The van der Waals surface area contributed by atoms with E-state index in [1.165, 1.54) is 0 Å². The normalized spacial score (nSPS) is 16.5. The van der Waals surface area contributed by atoms with Gasteiger partial charge < -0.3 is 9.64 Å². The van der Waals surface area contributed by atoms with Crippen molar-refractivity contribution in [2.45, 2.75) is 58.4 Å². The minimum absolute atomic E-state index is 0.00297. The Morgan fingerprint density at radius 2 is 2.00 bits per heavy atom. The van der Waals surface area contributed by atoms with Gasteiger partial charge in [-0.05, 0) is 58.2 Å². The number of carbonyl (C=O) groups is 1. The van der Waals surface area contributed by atoms with Gasteiger partial charge >= 0.3 is 0 Å². The fraction of sp³-hybridized carbons (Fsp3) is 0.458. The third kappa shape index (κ3) is 3.06. The summed E-state index contributed by atoms with van der Waals surface area (Å²) < 4.78 is 7.77. The number of benzene rings is 1. The molecule has 1 amide bonds. The van der Waals surface area contributed by atoms with Gasteiger partial charge in [-0.2, -0.15) is 5.10 Å². The van der Waals surface area contributed by atoms with E-state index < -0.39 is 0 Å². The molecule has 2 aliphatic rings. The summed E-state index contributed by atoms with van der Waals surface area (Å²) in [7, 11) is 0. The number of fused-ring (bicyclic) bond motifs is 2. The first-order valence-electron chi connectivity index (χ1n) is 10.8. The second-order valence-electron chi connectivity index (χ2n) is 9.22. The zero-order valence-corrected chi connectivity index (χ0v) is 18.1. The summed E-state index contributed by atoms with van der Waals surface area (Å²) in [4.78, 5) is 20.8. The molecule has 6 nitrogen and oxygen atoms in total. The number of anilines is 1. The number of hydrogen-bond donors (Lipinski definition) is 0. The van der Waals surface area contributed by atoms with E-state index in [0.717, 1.165) is 53.1 Å². The van der Waals surface area contributed by atoms with Crippen LogP contribution in [0.1, 0.15) is 68.2 Å². The highest BCUT2D eigenvalue weighted by molar-refractivity contribution is 6.14. The van der Waals surface area contributed by atoms with Crippen LogP contribution in [0.5, 0.6) is 5.75 Å². The Hall–Kier alpha value is -2.89. The molecule has 3 aromatic rings. The van der Waals surface area contributed by atoms with Gasteiger partial charge in [0.25, 0.3) is 5.91 Å². The summed E-state index contributed by atoms with van der Waals surface area (Å²) in [5, 5.41) is 5.79. The van der Waals surface area contributed by atoms with Gasteiger partial charge in [-0.25, -0.2) is 9.67 Å². The van der Waals surface area contributed by atoms with Crippen LogP contribution < -0.4 is 9.64 Å². The lowest BCUT2D eigenvalue weighted by molar-refractivity contribution is 0.0978. The van der Waals surface area contributed by atoms with Crippen LogP contribution in [0.2, 0.25) is 0 Å². The molecular formula is C24H28N4O2. The molecule has 5 rings (SSSR count). The molecule has 6 heteroatoms. The predicted octanol–water partition coefficient (Wildman–Crippen LogP) is 4.67. The van der Waals surface area contributed by atoms with Crippen molar-refractivity contribution >= 4 is 22.6 Å². The largest absolute Gasteiger partial charge is 0.490 e. The number of amides is 1. The Morgan fingerprint density at radius 1 is 1.23 bits per heavy atom. The van der Waals surface area contributed by atoms with E-state index in [-0.39, 0.29) is 11.4 Å². The number of para-hydroxylation sites is 2. The van der Waals surface area contributed by atoms with Crippen molar-refractivity contribution in [1.29, 1.82) is 0 Å². The zero-order valence-electron chi connectivity index (χ0n) is 18.1. The maximum absolute atomic E-state index is 13.9. The standard InChI is InChI=1S/C24H28N4O2/c1-5-17-21-16(23(29)27-12-13-30-20-9-7-6-8-19(20)27)14-18(15-10-11-15)25-22(21)28(26-17)24(2,3)4/h6-9,14-15H,5,10-13H2,1-4H3. The quantitative estimate of drug-likeness (QED) is 0.637. The molecular weight excluding hydrogens is 376 g/mol. The maximum atomic E-state index is 13.9. The summed E-state index contributed by atoms with van der Waals surface area (Å²) in [6, 6.07) is 9.77. The van der Waals surface area contributed by atoms with Crippen molar-refractivity contribution in [1.82, 2.24) is 14.8 Å². The zero-order chi connectivity index (χ0) is 21.0. The molecule has 0 N–H and O–H groups in total. The van der Waals surface area contributed by atoms with Crippen LogP contribution in [-0.2, 0) is 12.0 Å². The molecule has 2 aromatic heterocycles. The van der Waals surface area contributed by atoms with Crippen molar-refractivity contribution in [3.63, 3.8) is 0 Å². The number of ether oxygens (including phenoxy) is 1. The first-order chi connectivity index (χ1) is 14.4. The molecule has 0 radical (unpaired) electrons. The number of carbonyl (C=O) groups excluding carboxylic acids is 1. The SMILES string of the molecule is CCc1nn(C(C)(C)C)c2nc(C3CC3)cc(C(=O)N3CCOc4ccccc43)c12. The topological polar surface area (TPSA) is 60.2 Å². The molecule has 1 aromatic carbocycles. The Morgan fingerprint density at radius 3 is 2.70 bits per heavy atom. The van der Waals surface area contributed by atoms with Crippen LogP contribution in [0.25, 0.3) is 11.0 Å². The Balaban J connectivity index is 1.73. The van der Waals surface area contributed by atoms with Gasteiger partial charge in [0.1, 0.15) is 12.4 Å². The summed E-state index contributed by atoms with van der Waals surface area (Å²) in [6.07, 6.45) is 3.03. The van der Waals surface area contributed by atoms with Crippen LogP contribution in [0, 0.1) is 0 Å². The van der Waals surface area contributed by atoms with Gasteiger partial charge in [-0.3, -0.25) is 4.79 Å². The van der Waals surface area contributed by atoms with Crippen LogP contribution in [0.4, 0.5) is 5.69 Å². The number of aryl methyl sites for hydroxylation is 1. The third-order valence-electron chi connectivity index (χ3n) is 5.90. The van der Waals surface area contributed by atoms with E-state index >= 15 is 0 Å². The van der Waals surface area contributed by atoms with E-state index in [1.807, 2.05) is 39.9 Å². The van der Waals surface area contributed by atoms with Gasteiger partial charge in [-0.1, -0.05) is 19.1 Å². The van der Waals surface area contributed by atoms with Crippen LogP contribution in [0.3, 0.4) is 0 Å². The lowest BCUT2D eigenvalue weighted by atomic mass is 10.0. The molecule has 0 bridgehead atoms. The first kappa shape index (κ1) is 19.1. The van der Waals surface area contributed by atoms with Gasteiger partial charge in [-0.15, -0.1) is 0 Å². The van der Waals surface area contributed by atoms with Gasteiger partial charge in [0.2, 0.25) is 0 Å². The lowest BCUT2D eigenvalue weighted by Crippen LogP contribution is -2.38. The van der Waals surface area contributed by atoms with Gasteiger partial charge in [0, 0.05) is 11.6 Å². The van der Waals surface area contributed by atoms with Crippen molar-refractivity contribution in [2.75, 3.05) is 18.1 Å². The molecule has 156 valence electrons. The average molecular weight is 405 g/mol. The number of pyridine rings is 1. The summed E-state index contributed by atoms with van der Waals surface area (Å²) in [5.74, 6) is 1.21. The Kier molecular flexibility index (Phi) is 4.34. The highest BCUT2D eigenvalue weighted by Crippen LogP contribution is 2.42. The summed E-state index contributed by atoms with van der Waals surface area (Å²) >= 11 is 0. The second kappa shape index (κ2) is 6.83. The predicted molar refractivity (Wildman–Crippen MR) is 117 cm³/mol. The first-order valence-corrected chi connectivity index (χ1v) is 10.8. The number of aromatic nitrogens is 3. The fourth-order valence-electron chi connectivity index (χ4n) is 4.20. The van der Waals surface area contributed by atoms with Crippen LogP contribution >= 0.6 is 0 Å². The highest BCUT2D eigenvalue weighted by Gasteiger charge is 2.33. The summed E-state index contributed by atoms with van der Waals surface area (Å²) in [5.41, 5.74) is 4.10. The van der Waals surface area contributed by atoms with E-state index in [4.69, 9.17) is 14.8 Å². The number of rotatable bonds is 3. The molecule has 30 heavy (non-hydrogen) atoms. The molecule has 0 saturated heterocycles. The molecule has 1 aliphatic heterocycles. The van der Waals surface area contributed by atoms with Crippen molar-refractivity contribution in [3.05, 3.63) is 47.3 Å². The van der Waals surface area contributed by atoms with E-state index in [1.54, 1.807) is 0 Å². The van der Waals surface area contributed by atoms with E-state index in [2.05, 4.69) is 27.7 Å². The van der Waals surface area contributed by atoms with Gasteiger partial charge in [0.05, 0.1) is 34.4 Å². The molecule has 3 heterocycles. The van der Waals surface area contributed by atoms with Crippen molar-refractivity contribution in [3.8, 4) is 5.75 Å². The summed E-state index contributed by atoms with van der Waals surface area (Å²) in [6.45, 7) is 9.50. The van der Waals surface area contributed by atoms with E-state index in [9.17, 15) is 4.79 Å². The molecule has 1 aliphatic carbocycles. The minimum atomic E-state index is -0.216. The molecule has 1 saturated carbocycles. The number of hydrogen-bond acceptors (Lipinski definition) is 4. The smallest absolute Gasteiger partial charge is 0.259 e. The fourth-order valence-corrected chi connectivity index (χ4v) is 4.20. The molecule has 0 spiro atoms. The van der Waals surface area contributed by atoms with Crippen LogP contribution in [-0.4, -0.2) is 33.8 Å². The molecule has 0 atom stereocenters. The number of nitrogens with zero attached hydrogens (tertiary/aromatic N) is 4. The van der Waals surface area contributed by atoms with Crippen molar-refractivity contribution < 1.29 is 9.53 Å².